The SMILES string of the molecule is COC(=O)c1cnc(-c2csc(C(=O)c3c[nH]c4c3=C[C@@H](C)CC=4)n2)s1. The molecule has 0 bridgehead atoms. The van der Waals surface area contributed by atoms with Crippen molar-refractivity contribution in [3.8, 4) is 10.7 Å². The van der Waals surface area contributed by atoms with E-state index in [9.17, 15) is 9.59 Å². The molecule has 0 radical (unpaired) electrons. The Morgan fingerprint density at radius 1 is 1.38 bits per heavy atom. The standard InChI is InChI=1S/C18H15N3O3S2/c1-9-3-4-12-10(5-9)11(6-19-12)15(22)17-21-13(8-25-17)16-20-7-14(26-16)18(23)24-2/h4-9,19H,3H2,1-2H3/t9-/m0/s1. The van der Waals surface area contributed by atoms with Crippen LogP contribution in [-0.2, 0) is 4.74 Å². The van der Waals surface area contributed by atoms with Gasteiger partial charge in [-0.15, -0.1) is 22.7 Å². The van der Waals surface area contributed by atoms with E-state index in [1.807, 2.05) is 0 Å². The molecule has 1 N–H and O–H groups in total. The van der Waals surface area contributed by atoms with E-state index in [-0.39, 0.29) is 5.78 Å². The van der Waals surface area contributed by atoms with Crippen molar-refractivity contribution >= 4 is 46.6 Å². The maximum absolute atomic E-state index is 12.9. The molecule has 132 valence electrons. The Morgan fingerprint density at radius 3 is 3.04 bits per heavy atom. The summed E-state index contributed by atoms with van der Waals surface area (Å²) in [7, 11) is 1.33. The smallest absolute Gasteiger partial charge is 0.349 e. The van der Waals surface area contributed by atoms with Crippen LogP contribution in [0.2, 0.25) is 0 Å². The second kappa shape index (κ2) is 6.62. The minimum atomic E-state index is -0.430. The predicted octanol–water partition coefficient (Wildman–Crippen LogP) is 2.21. The molecule has 0 saturated heterocycles. The third kappa shape index (κ3) is 2.91. The molecule has 0 amide bonds. The van der Waals surface area contributed by atoms with Gasteiger partial charge in [-0.3, -0.25) is 4.79 Å². The van der Waals surface area contributed by atoms with Crippen LogP contribution in [0.4, 0.5) is 0 Å². The van der Waals surface area contributed by atoms with Crippen LogP contribution in [0.1, 0.15) is 38.4 Å². The number of nitrogens with zero attached hydrogens (tertiary/aromatic N) is 2. The third-order valence-corrected chi connectivity index (χ3v) is 5.99. The zero-order chi connectivity index (χ0) is 18.3. The number of carbonyl (C=O) groups excluding carboxylic acids is 2. The number of H-pyrrole nitrogens is 1. The van der Waals surface area contributed by atoms with E-state index in [4.69, 9.17) is 0 Å². The van der Waals surface area contributed by atoms with E-state index in [0.717, 1.165) is 17.0 Å². The predicted molar refractivity (Wildman–Crippen MR) is 101 cm³/mol. The van der Waals surface area contributed by atoms with Crippen molar-refractivity contribution in [3.63, 3.8) is 0 Å². The quantitative estimate of drug-likeness (QED) is 0.550. The maximum atomic E-state index is 12.9. The molecule has 0 unspecified atom stereocenters. The van der Waals surface area contributed by atoms with Gasteiger partial charge < -0.3 is 9.72 Å². The minimum Gasteiger partial charge on any atom is -0.465 e. The number of rotatable bonds is 4. The van der Waals surface area contributed by atoms with Gasteiger partial charge in [0.2, 0.25) is 5.78 Å². The summed E-state index contributed by atoms with van der Waals surface area (Å²) in [5.41, 5.74) is 1.23. The van der Waals surface area contributed by atoms with Crippen molar-refractivity contribution in [1.82, 2.24) is 15.0 Å². The second-order valence-corrected chi connectivity index (χ2v) is 7.89. The maximum Gasteiger partial charge on any atom is 0.349 e. The van der Waals surface area contributed by atoms with E-state index in [2.05, 4.69) is 38.8 Å². The molecule has 3 aromatic heterocycles. The highest BCUT2D eigenvalue weighted by Crippen LogP contribution is 2.27. The molecule has 1 atom stereocenters. The molecule has 1 aliphatic rings. The van der Waals surface area contributed by atoms with E-state index >= 15 is 0 Å². The molecule has 3 aromatic rings. The number of nitrogens with one attached hydrogen (secondary N) is 1. The fourth-order valence-electron chi connectivity index (χ4n) is 2.82. The molecule has 6 nitrogen and oxygen atoms in total. The van der Waals surface area contributed by atoms with Crippen molar-refractivity contribution < 1.29 is 14.3 Å². The molecule has 0 aromatic carbocycles. The Kier molecular flexibility index (Phi) is 4.29. The number of ether oxygens (including phenoxy) is 1. The molecule has 4 rings (SSSR count). The highest BCUT2D eigenvalue weighted by Gasteiger charge is 2.20. The number of ketones is 1. The number of methoxy groups -OCH3 is 1. The van der Waals surface area contributed by atoms with Crippen molar-refractivity contribution in [2.24, 2.45) is 5.92 Å². The number of hydrogen-bond acceptors (Lipinski definition) is 7. The number of esters is 1. The zero-order valence-corrected chi connectivity index (χ0v) is 15.7. The molecular weight excluding hydrogens is 370 g/mol. The van der Waals surface area contributed by atoms with Crippen LogP contribution in [0.15, 0.2) is 17.8 Å². The first-order valence-corrected chi connectivity index (χ1v) is 9.70. The van der Waals surface area contributed by atoms with Crippen LogP contribution in [0.25, 0.3) is 22.9 Å². The van der Waals surface area contributed by atoms with Crippen LogP contribution >= 0.6 is 22.7 Å². The van der Waals surface area contributed by atoms with Gasteiger partial charge in [0.05, 0.1) is 18.9 Å². The summed E-state index contributed by atoms with van der Waals surface area (Å²) in [6.07, 6.45) is 8.42. The Bertz CT molecular complexity index is 1120. The summed E-state index contributed by atoms with van der Waals surface area (Å²) in [6.45, 7) is 2.13. The molecule has 0 spiro atoms. The van der Waals surface area contributed by atoms with E-state index in [0.29, 0.717) is 32.1 Å². The fraction of sp³-hybridized carbons (Fsp3) is 0.222. The van der Waals surface area contributed by atoms with Gasteiger partial charge in [0.25, 0.3) is 0 Å². The summed E-state index contributed by atoms with van der Waals surface area (Å²) in [6, 6.07) is 0. The van der Waals surface area contributed by atoms with Crippen LogP contribution in [0.3, 0.4) is 0 Å². The lowest BCUT2D eigenvalue weighted by atomic mass is 10.00. The van der Waals surface area contributed by atoms with Gasteiger partial charge in [-0.1, -0.05) is 19.1 Å². The van der Waals surface area contributed by atoms with Crippen LogP contribution in [-0.4, -0.2) is 33.8 Å². The Labute approximate surface area is 156 Å². The summed E-state index contributed by atoms with van der Waals surface area (Å²) < 4.78 is 4.69. The van der Waals surface area contributed by atoms with Gasteiger partial charge in [0.1, 0.15) is 15.6 Å². The van der Waals surface area contributed by atoms with Crippen molar-refractivity contribution in [3.05, 3.63) is 43.8 Å². The Hall–Kier alpha value is -2.58. The zero-order valence-electron chi connectivity index (χ0n) is 14.1. The molecule has 8 heteroatoms. The Balaban J connectivity index is 1.66. The fourth-order valence-corrected chi connectivity index (χ4v) is 4.45. The molecule has 0 aliphatic heterocycles. The van der Waals surface area contributed by atoms with Gasteiger partial charge in [0.15, 0.2) is 5.01 Å². The van der Waals surface area contributed by atoms with Crippen LogP contribution < -0.4 is 10.6 Å². The summed E-state index contributed by atoms with van der Waals surface area (Å²) >= 11 is 2.47. The van der Waals surface area contributed by atoms with Crippen molar-refractivity contribution in [2.45, 2.75) is 13.3 Å². The Morgan fingerprint density at radius 2 is 2.23 bits per heavy atom. The largest absolute Gasteiger partial charge is 0.465 e. The molecular formula is C18H15N3O3S2. The first kappa shape index (κ1) is 16.9. The highest BCUT2D eigenvalue weighted by molar-refractivity contribution is 7.17. The van der Waals surface area contributed by atoms with Crippen LogP contribution in [0.5, 0.6) is 0 Å². The number of carbonyl (C=O) groups is 2. The molecule has 0 saturated carbocycles. The topological polar surface area (TPSA) is 84.9 Å². The summed E-state index contributed by atoms with van der Waals surface area (Å²) in [5, 5.41) is 4.72. The summed E-state index contributed by atoms with van der Waals surface area (Å²) in [5.74, 6) is -0.133. The minimum absolute atomic E-state index is 0.109. The van der Waals surface area contributed by atoms with Gasteiger partial charge in [-0.25, -0.2) is 14.8 Å². The lowest BCUT2D eigenvalue weighted by molar-refractivity contribution is 0.0606. The summed E-state index contributed by atoms with van der Waals surface area (Å²) in [4.78, 5) is 36.7. The molecule has 1 aliphatic carbocycles. The average Bonchev–Trinajstić information content (AvgIpc) is 3.38. The van der Waals surface area contributed by atoms with E-state index < -0.39 is 5.97 Å². The molecule has 3 heterocycles. The van der Waals surface area contributed by atoms with Gasteiger partial charge in [-0.2, -0.15) is 0 Å². The van der Waals surface area contributed by atoms with Gasteiger partial charge in [-0.05, 0) is 12.3 Å². The number of aromatic nitrogens is 3. The normalized spacial score (nSPS) is 15.7. The third-order valence-electron chi connectivity index (χ3n) is 4.15. The first-order chi connectivity index (χ1) is 12.6. The highest BCUT2D eigenvalue weighted by atomic mass is 32.1. The number of hydrogen-bond donors (Lipinski definition) is 1. The first-order valence-electron chi connectivity index (χ1n) is 8.01. The average molecular weight is 385 g/mol. The second-order valence-electron chi connectivity index (χ2n) is 6.00. The monoisotopic (exact) mass is 385 g/mol. The van der Waals surface area contributed by atoms with Crippen molar-refractivity contribution in [1.29, 1.82) is 0 Å². The number of thiazole rings is 2. The number of aromatic amines is 1. The van der Waals surface area contributed by atoms with Gasteiger partial charge in [0, 0.05) is 22.1 Å². The van der Waals surface area contributed by atoms with Crippen LogP contribution in [0, 0.1) is 5.92 Å². The number of fused-ring (bicyclic) bond motifs is 1. The molecule has 0 fully saturated rings. The van der Waals surface area contributed by atoms with E-state index in [1.54, 1.807) is 11.6 Å². The van der Waals surface area contributed by atoms with E-state index in [1.165, 1.54) is 36.0 Å². The molecule has 26 heavy (non-hydrogen) atoms. The van der Waals surface area contributed by atoms with Gasteiger partial charge >= 0.3 is 5.97 Å². The van der Waals surface area contributed by atoms with Crippen molar-refractivity contribution in [2.75, 3.05) is 7.11 Å². The lowest BCUT2D eigenvalue weighted by Crippen LogP contribution is -2.30. The lowest BCUT2D eigenvalue weighted by Gasteiger charge is -2.05.